The fourth-order valence-electron chi connectivity index (χ4n) is 1.83. The van der Waals surface area contributed by atoms with E-state index in [9.17, 15) is 0 Å². The van der Waals surface area contributed by atoms with E-state index < -0.39 is 0 Å². The van der Waals surface area contributed by atoms with Crippen molar-refractivity contribution in [2.45, 2.75) is 85.5 Å². The summed E-state index contributed by atoms with van der Waals surface area (Å²) in [5, 5.41) is 3.47. The molecule has 2 heteroatoms. The maximum absolute atomic E-state index is 3.85. The zero-order valence-corrected chi connectivity index (χ0v) is 13.8. The zero-order chi connectivity index (χ0) is 14.8. The molecule has 19 heavy (non-hydrogen) atoms. The van der Waals surface area contributed by atoms with E-state index in [4.69, 9.17) is 0 Å². The van der Waals surface area contributed by atoms with Crippen LogP contribution in [-0.2, 0) is 0 Å². The van der Waals surface area contributed by atoms with Gasteiger partial charge in [-0.05, 0) is 26.0 Å². The second-order valence-corrected chi connectivity index (χ2v) is 4.64. The van der Waals surface area contributed by atoms with Gasteiger partial charge in [0.25, 0.3) is 0 Å². The van der Waals surface area contributed by atoms with Gasteiger partial charge in [-0.2, -0.15) is 0 Å². The summed E-state index contributed by atoms with van der Waals surface area (Å²) >= 11 is 0. The van der Waals surface area contributed by atoms with Crippen LogP contribution in [0.15, 0.2) is 16.9 Å². The molecule has 0 bridgehead atoms. The van der Waals surface area contributed by atoms with Crippen LogP contribution in [0, 0.1) is 0 Å². The lowest BCUT2D eigenvalue weighted by atomic mass is 10.1. The highest BCUT2D eigenvalue weighted by atomic mass is 14.9. The maximum atomic E-state index is 3.85. The van der Waals surface area contributed by atoms with Crippen LogP contribution >= 0.6 is 0 Å². The van der Waals surface area contributed by atoms with E-state index in [0.29, 0.717) is 0 Å². The molecule has 0 fully saturated rings. The molecule has 0 rings (SSSR count). The first-order valence-electron chi connectivity index (χ1n) is 8.23. The Bertz CT molecular complexity index is 197. The molecule has 0 aromatic carbocycles. The number of aliphatic imine (C=N–C) groups is 1. The predicted molar refractivity (Wildman–Crippen MR) is 89.9 cm³/mol. The molecule has 114 valence electrons. The van der Waals surface area contributed by atoms with Crippen molar-refractivity contribution in [1.82, 2.24) is 5.32 Å². The van der Waals surface area contributed by atoms with Gasteiger partial charge in [0.2, 0.25) is 0 Å². The first-order valence-corrected chi connectivity index (χ1v) is 8.23. The van der Waals surface area contributed by atoms with Crippen LogP contribution in [0.25, 0.3) is 0 Å². The monoisotopic (exact) mass is 268 g/mol. The van der Waals surface area contributed by atoms with E-state index >= 15 is 0 Å². The van der Waals surface area contributed by atoms with Crippen molar-refractivity contribution in [3.05, 3.63) is 11.9 Å². The lowest BCUT2D eigenvalue weighted by Gasteiger charge is -2.09. The van der Waals surface area contributed by atoms with E-state index in [1.807, 2.05) is 20.0 Å². The van der Waals surface area contributed by atoms with Gasteiger partial charge >= 0.3 is 0 Å². The number of nitrogens with one attached hydrogen (secondary N) is 1. The third-order valence-corrected chi connectivity index (χ3v) is 2.93. The SMILES string of the molecule is C=N/C=C(/CCCC)NCCCCCCCC.CC. The van der Waals surface area contributed by atoms with E-state index in [-0.39, 0.29) is 0 Å². The minimum absolute atomic E-state index is 1.08. The molecule has 0 aliphatic heterocycles. The Balaban J connectivity index is 0. The smallest absolute Gasteiger partial charge is 0.0450 e. The number of hydrogen-bond donors (Lipinski definition) is 1. The van der Waals surface area contributed by atoms with E-state index in [2.05, 4.69) is 30.9 Å². The van der Waals surface area contributed by atoms with Gasteiger partial charge in [0.1, 0.15) is 0 Å². The fourth-order valence-corrected chi connectivity index (χ4v) is 1.83. The predicted octanol–water partition coefficient (Wildman–Crippen LogP) is 5.69. The van der Waals surface area contributed by atoms with Gasteiger partial charge in [-0.15, -0.1) is 0 Å². The van der Waals surface area contributed by atoms with Crippen molar-refractivity contribution in [2.75, 3.05) is 6.54 Å². The molecular weight excluding hydrogens is 232 g/mol. The minimum Gasteiger partial charge on any atom is -0.387 e. The Labute approximate surface area is 121 Å². The summed E-state index contributed by atoms with van der Waals surface area (Å²) in [6, 6.07) is 0. The van der Waals surface area contributed by atoms with Crippen LogP contribution in [0.2, 0.25) is 0 Å². The lowest BCUT2D eigenvalue weighted by molar-refractivity contribution is 0.585. The molecule has 2 nitrogen and oxygen atoms in total. The molecule has 0 radical (unpaired) electrons. The molecular formula is C17H36N2. The molecule has 0 amide bonds. The van der Waals surface area contributed by atoms with Crippen LogP contribution in [-0.4, -0.2) is 13.3 Å². The molecule has 0 saturated carbocycles. The highest BCUT2D eigenvalue weighted by Crippen LogP contribution is 2.07. The first kappa shape index (κ1) is 20.5. The van der Waals surface area contributed by atoms with Crippen LogP contribution < -0.4 is 5.32 Å². The topological polar surface area (TPSA) is 24.4 Å². The third kappa shape index (κ3) is 17.2. The molecule has 0 spiro atoms. The average molecular weight is 268 g/mol. The standard InChI is InChI=1S/C15H30N2.C2H6/c1-4-6-8-9-10-11-13-17-15(14-16-3)12-7-5-2;1-2/h14,17H,3-13H2,1-2H3;1-2H3/b15-14-;. The summed E-state index contributed by atoms with van der Waals surface area (Å²) in [4.78, 5) is 3.85. The van der Waals surface area contributed by atoms with Crippen LogP contribution in [0.1, 0.15) is 85.5 Å². The third-order valence-electron chi connectivity index (χ3n) is 2.93. The van der Waals surface area contributed by atoms with E-state index in [1.54, 1.807) is 0 Å². The largest absolute Gasteiger partial charge is 0.387 e. The normalized spacial score (nSPS) is 10.6. The molecule has 1 N–H and O–H groups in total. The molecule has 0 aromatic rings. The van der Waals surface area contributed by atoms with Crippen LogP contribution in [0.4, 0.5) is 0 Å². The van der Waals surface area contributed by atoms with Crippen LogP contribution in [0.5, 0.6) is 0 Å². The van der Waals surface area contributed by atoms with Gasteiger partial charge in [-0.1, -0.05) is 66.2 Å². The molecule has 0 unspecified atom stereocenters. The number of nitrogens with zero attached hydrogens (tertiary/aromatic N) is 1. The second kappa shape index (κ2) is 19.5. The summed E-state index contributed by atoms with van der Waals surface area (Å²) in [6.07, 6.45) is 13.5. The van der Waals surface area contributed by atoms with Gasteiger partial charge in [-0.3, -0.25) is 4.99 Å². The second-order valence-electron chi connectivity index (χ2n) is 4.64. The van der Waals surface area contributed by atoms with Gasteiger partial charge in [-0.25, -0.2) is 0 Å². The Morgan fingerprint density at radius 3 is 2.11 bits per heavy atom. The molecule has 0 aliphatic carbocycles. The molecule has 0 atom stereocenters. The van der Waals surface area contributed by atoms with Crippen molar-refractivity contribution in [1.29, 1.82) is 0 Å². The Morgan fingerprint density at radius 1 is 0.947 bits per heavy atom. The number of allylic oxidation sites excluding steroid dienone is 1. The number of unbranched alkanes of at least 4 members (excludes halogenated alkanes) is 6. The van der Waals surface area contributed by atoms with Crippen LogP contribution in [0.3, 0.4) is 0 Å². The summed E-state index contributed by atoms with van der Waals surface area (Å²) in [5.41, 5.74) is 1.25. The van der Waals surface area contributed by atoms with E-state index in [0.717, 1.165) is 13.0 Å². The number of rotatable bonds is 12. The van der Waals surface area contributed by atoms with E-state index in [1.165, 1.54) is 57.1 Å². The van der Waals surface area contributed by atoms with Crippen molar-refractivity contribution in [3.63, 3.8) is 0 Å². The highest BCUT2D eigenvalue weighted by molar-refractivity contribution is 5.26. The molecule has 0 heterocycles. The lowest BCUT2D eigenvalue weighted by Crippen LogP contribution is -2.14. The van der Waals surface area contributed by atoms with Gasteiger partial charge < -0.3 is 5.32 Å². The van der Waals surface area contributed by atoms with Gasteiger partial charge in [0, 0.05) is 18.4 Å². The quantitative estimate of drug-likeness (QED) is 0.356. The number of hydrogen-bond acceptors (Lipinski definition) is 2. The van der Waals surface area contributed by atoms with Gasteiger partial charge in [0.05, 0.1) is 0 Å². The average Bonchev–Trinajstić information content (AvgIpc) is 2.45. The highest BCUT2D eigenvalue weighted by Gasteiger charge is 1.96. The van der Waals surface area contributed by atoms with Crippen molar-refractivity contribution in [3.8, 4) is 0 Å². The maximum Gasteiger partial charge on any atom is 0.0450 e. The van der Waals surface area contributed by atoms with Crippen molar-refractivity contribution in [2.24, 2.45) is 4.99 Å². The first-order chi connectivity index (χ1) is 9.35. The Hall–Kier alpha value is -0.790. The zero-order valence-electron chi connectivity index (χ0n) is 13.8. The van der Waals surface area contributed by atoms with Crippen molar-refractivity contribution >= 4 is 6.72 Å². The summed E-state index contributed by atoms with van der Waals surface area (Å²) in [6.45, 7) is 13.1. The van der Waals surface area contributed by atoms with Crippen molar-refractivity contribution < 1.29 is 0 Å². The summed E-state index contributed by atoms with van der Waals surface area (Å²) in [7, 11) is 0. The molecule has 0 saturated heterocycles. The Kier molecular flexibility index (Phi) is 21.1. The minimum atomic E-state index is 1.08. The summed E-state index contributed by atoms with van der Waals surface area (Å²) in [5.74, 6) is 0. The van der Waals surface area contributed by atoms with Gasteiger partial charge in [0.15, 0.2) is 0 Å². The summed E-state index contributed by atoms with van der Waals surface area (Å²) < 4.78 is 0. The molecule has 0 aromatic heterocycles. The fraction of sp³-hybridized carbons (Fsp3) is 0.824. The molecule has 0 aliphatic rings. The Morgan fingerprint density at radius 2 is 1.53 bits per heavy atom.